The third-order valence-electron chi connectivity index (χ3n) is 3.45. The van der Waals surface area contributed by atoms with Crippen LogP contribution in [-0.4, -0.2) is 14.3 Å². The van der Waals surface area contributed by atoms with Crippen LogP contribution in [0.25, 0.3) is 15.8 Å². The van der Waals surface area contributed by atoms with E-state index in [0.717, 1.165) is 14.2 Å². The molecule has 0 radical (unpaired) electrons. The number of hydrazine groups is 1. The van der Waals surface area contributed by atoms with Gasteiger partial charge in [-0.25, -0.2) is 10.3 Å². The van der Waals surface area contributed by atoms with Crippen LogP contribution in [0.3, 0.4) is 0 Å². The Balaban J connectivity index is 1.84. The van der Waals surface area contributed by atoms with Crippen LogP contribution >= 0.6 is 22.7 Å². The van der Waals surface area contributed by atoms with E-state index in [9.17, 15) is 13.2 Å². The Morgan fingerprint density at radius 2 is 1.77 bits per heavy atom. The van der Waals surface area contributed by atoms with Gasteiger partial charge in [0, 0.05) is 15.8 Å². The normalized spacial score (nSPS) is 11.7. The summed E-state index contributed by atoms with van der Waals surface area (Å²) in [5.74, 6) is 5.31. The molecule has 0 spiro atoms. The molecule has 0 aliphatic heterocycles. The van der Waals surface area contributed by atoms with Crippen LogP contribution < -0.4 is 16.0 Å². The minimum Gasteiger partial charge on any atom is -0.366 e. The van der Waals surface area contributed by atoms with Crippen molar-refractivity contribution in [3.05, 3.63) is 65.6 Å². The summed E-state index contributed by atoms with van der Waals surface area (Å²) < 4.78 is 26.4. The molecule has 6 nitrogen and oxygen atoms in total. The molecule has 2 heterocycles. The van der Waals surface area contributed by atoms with E-state index in [1.807, 2.05) is 17.5 Å². The molecule has 0 aliphatic rings. The molecule has 1 amide bonds. The highest BCUT2D eigenvalue weighted by atomic mass is 32.2. The zero-order valence-corrected chi connectivity index (χ0v) is 15.9. The number of carbonyl (C=O) groups excluding carboxylic acids is 1. The van der Waals surface area contributed by atoms with Crippen molar-refractivity contribution in [3.63, 3.8) is 0 Å². The number of nitrogens with two attached hydrogens (primary N) is 2. The lowest BCUT2D eigenvalue weighted by Crippen LogP contribution is -2.36. The van der Waals surface area contributed by atoms with Gasteiger partial charge in [-0.2, -0.15) is 8.42 Å². The van der Waals surface area contributed by atoms with Crippen LogP contribution in [0.2, 0.25) is 0 Å². The van der Waals surface area contributed by atoms with Crippen molar-refractivity contribution in [2.75, 3.05) is 4.41 Å². The van der Waals surface area contributed by atoms with Gasteiger partial charge in [-0.05, 0) is 47.4 Å². The fraction of sp³-hybridized carbons (Fsp3) is 0. The zero-order valence-electron chi connectivity index (χ0n) is 13.4. The summed E-state index contributed by atoms with van der Waals surface area (Å²) in [4.78, 5) is 12.6. The molecule has 0 bridgehead atoms. The van der Waals surface area contributed by atoms with Gasteiger partial charge in [0.05, 0.1) is 5.69 Å². The highest BCUT2D eigenvalue weighted by Gasteiger charge is 2.24. The molecule has 0 atom stereocenters. The molecule has 3 rings (SSSR count). The van der Waals surface area contributed by atoms with Gasteiger partial charge >= 0.3 is 0 Å². The van der Waals surface area contributed by atoms with Crippen LogP contribution in [0.5, 0.6) is 0 Å². The smallest absolute Gasteiger partial charge is 0.287 e. The number of primary amides is 1. The van der Waals surface area contributed by atoms with Gasteiger partial charge in [-0.1, -0.05) is 18.2 Å². The van der Waals surface area contributed by atoms with Crippen molar-refractivity contribution in [2.45, 2.75) is 4.21 Å². The van der Waals surface area contributed by atoms with Crippen LogP contribution in [0.4, 0.5) is 5.69 Å². The Hall–Kier alpha value is -2.46. The predicted octanol–water partition coefficient (Wildman–Crippen LogP) is 3.04. The monoisotopic (exact) mass is 405 g/mol. The quantitative estimate of drug-likeness (QED) is 0.373. The molecule has 0 aliphatic carbocycles. The molecule has 0 saturated carbocycles. The largest absolute Gasteiger partial charge is 0.366 e. The van der Waals surface area contributed by atoms with E-state index in [2.05, 4.69) is 0 Å². The standard InChI is InChI=1S/C17H15N3O3S3/c18-16(21)9-5-12-3-6-13(7-4-12)20(19)26(22,23)17-10-8-15(25-17)14-2-1-11-24-14/h1-11H,19H2,(H2,18,21)/b9-5+. The summed E-state index contributed by atoms with van der Waals surface area (Å²) in [6.45, 7) is 0. The molecule has 1 aromatic carbocycles. The Morgan fingerprint density at radius 1 is 1.04 bits per heavy atom. The molecule has 26 heavy (non-hydrogen) atoms. The Labute approximate surface area is 159 Å². The second-order valence-corrected chi connectivity index (χ2v) is 9.30. The van der Waals surface area contributed by atoms with E-state index in [4.69, 9.17) is 11.6 Å². The summed E-state index contributed by atoms with van der Waals surface area (Å²) in [5, 5.41) is 1.94. The molecule has 0 saturated heterocycles. The molecule has 3 aromatic rings. The van der Waals surface area contributed by atoms with E-state index < -0.39 is 15.9 Å². The molecule has 2 aromatic heterocycles. The van der Waals surface area contributed by atoms with E-state index in [0.29, 0.717) is 11.3 Å². The van der Waals surface area contributed by atoms with Gasteiger partial charge in [0.25, 0.3) is 10.0 Å². The van der Waals surface area contributed by atoms with Crippen LogP contribution in [0.15, 0.2) is 64.2 Å². The molecule has 9 heteroatoms. The predicted molar refractivity (Wildman–Crippen MR) is 106 cm³/mol. The first-order chi connectivity index (χ1) is 12.4. The number of hydrogen-bond donors (Lipinski definition) is 2. The van der Waals surface area contributed by atoms with Crippen LogP contribution in [0.1, 0.15) is 5.56 Å². The van der Waals surface area contributed by atoms with Crippen molar-refractivity contribution in [1.29, 1.82) is 0 Å². The average Bonchev–Trinajstić information content (AvgIpc) is 3.30. The number of sulfonamides is 1. The number of nitrogens with zero attached hydrogens (tertiary/aromatic N) is 1. The molecular weight excluding hydrogens is 390 g/mol. The first-order valence-corrected chi connectivity index (χ1v) is 10.5. The van der Waals surface area contributed by atoms with E-state index in [1.54, 1.807) is 47.7 Å². The second-order valence-electron chi connectivity index (χ2n) is 5.22. The summed E-state index contributed by atoms with van der Waals surface area (Å²) in [6, 6.07) is 13.6. The van der Waals surface area contributed by atoms with Crippen molar-refractivity contribution in [2.24, 2.45) is 11.6 Å². The molecule has 0 unspecified atom stereocenters. The van der Waals surface area contributed by atoms with Gasteiger partial charge in [0.15, 0.2) is 0 Å². The summed E-state index contributed by atoms with van der Waals surface area (Å²) in [5.41, 5.74) is 6.06. The second kappa shape index (κ2) is 7.42. The molecule has 134 valence electrons. The van der Waals surface area contributed by atoms with Crippen LogP contribution in [0, 0.1) is 0 Å². The van der Waals surface area contributed by atoms with E-state index in [1.165, 1.54) is 23.5 Å². The number of thiophene rings is 2. The van der Waals surface area contributed by atoms with Gasteiger partial charge < -0.3 is 5.73 Å². The lowest BCUT2D eigenvalue weighted by Gasteiger charge is -2.17. The third kappa shape index (κ3) is 3.86. The average molecular weight is 406 g/mol. The summed E-state index contributed by atoms with van der Waals surface area (Å²) in [7, 11) is -3.86. The van der Waals surface area contributed by atoms with Gasteiger partial charge in [0.2, 0.25) is 5.91 Å². The fourth-order valence-corrected chi connectivity index (χ4v) is 5.49. The fourth-order valence-electron chi connectivity index (χ4n) is 2.16. The zero-order chi connectivity index (χ0) is 18.7. The lowest BCUT2D eigenvalue weighted by atomic mass is 10.2. The number of anilines is 1. The van der Waals surface area contributed by atoms with E-state index in [-0.39, 0.29) is 4.21 Å². The number of carbonyl (C=O) groups is 1. The van der Waals surface area contributed by atoms with Gasteiger partial charge in [0.1, 0.15) is 4.21 Å². The van der Waals surface area contributed by atoms with Crippen LogP contribution in [-0.2, 0) is 14.8 Å². The number of benzene rings is 1. The lowest BCUT2D eigenvalue weighted by molar-refractivity contribution is -0.113. The van der Waals surface area contributed by atoms with Crippen molar-refractivity contribution >= 4 is 50.4 Å². The summed E-state index contributed by atoms with van der Waals surface area (Å²) in [6.07, 6.45) is 2.76. The molecule has 0 fully saturated rings. The summed E-state index contributed by atoms with van der Waals surface area (Å²) >= 11 is 2.72. The van der Waals surface area contributed by atoms with E-state index >= 15 is 0 Å². The minimum atomic E-state index is -3.86. The number of rotatable bonds is 6. The Kier molecular flexibility index (Phi) is 5.23. The maximum atomic E-state index is 12.8. The Bertz CT molecular complexity index is 1040. The van der Waals surface area contributed by atoms with Crippen molar-refractivity contribution in [3.8, 4) is 9.75 Å². The van der Waals surface area contributed by atoms with Gasteiger partial charge in [-0.3, -0.25) is 4.79 Å². The highest BCUT2D eigenvalue weighted by molar-refractivity contribution is 7.94. The Morgan fingerprint density at radius 3 is 2.38 bits per heavy atom. The minimum absolute atomic E-state index is 0.168. The number of amides is 1. The first-order valence-electron chi connectivity index (χ1n) is 7.39. The highest BCUT2D eigenvalue weighted by Crippen LogP contribution is 2.35. The maximum absolute atomic E-state index is 12.8. The third-order valence-corrected chi connectivity index (χ3v) is 7.65. The van der Waals surface area contributed by atoms with Crippen molar-refractivity contribution in [1.82, 2.24) is 0 Å². The number of hydrogen-bond acceptors (Lipinski definition) is 6. The molecule has 4 N–H and O–H groups in total. The van der Waals surface area contributed by atoms with Crippen molar-refractivity contribution < 1.29 is 13.2 Å². The van der Waals surface area contributed by atoms with Gasteiger partial charge in [-0.15, -0.1) is 22.7 Å². The maximum Gasteiger partial charge on any atom is 0.287 e. The first kappa shape index (κ1) is 18.3. The SMILES string of the molecule is NC(=O)/C=C/c1ccc(N(N)S(=O)(=O)c2ccc(-c3cccs3)s2)cc1. The molecular formula is C17H15N3O3S3. The topological polar surface area (TPSA) is 106 Å².